The molecule has 0 atom stereocenters. The Morgan fingerprint density at radius 2 is 2.05 bits per heavy atom. The summed E-state index contributed by atoms with van der Waals surface area (Å²) in [5.41, 5.74) is 6.05. The van der Waals surface area contributed by atoms with Crippen molar-refractivity contribution in [3.05, 3.63) is 62.4 Å². The molecule has 0 aliphatic heterocycles. The Balaban J connectivity index is 2.12. The predicted molar refractivity (Wildman–Crippen MR) is 75.9 cm³/mol. The summed E-state index contributed by atoms with van der Waals surface area (Å²) in [6.45, 7) is 0.124. The molecule has 0 radical (unpaired) electrons. The van der Waals surface area contributed by atoms with Gasteiger partial charge in [0.25, 0.3) is 5.69 Å². The number of nitrogens with two attached hydrogens (primary N) is 1. The molecule has 2 rings (SSSR count). The summed E-state index contributed by atoms with van der Waals surface area (Å²) in [6, 6.07) is 8.68. The molecule has 0 aromatic heterocycles. The second-order valence-corrected chi connectivity index (χ2v) is 4.87. The molecular weight excluding hydrogens is 331 g/mol. The minimum Gasteiger partial charge on any atom is -0.489 e. The molecule has 0 bridgehead atoms. The molecule has 2 aromatic carbocycles. The molecule has 2 N–H and O–H groups in total. The van der Waals surface area contributed by atoms with Crippen molar-refractivity contribution in [3.8, 4) is 5.75 Å². The molecule has 0 spiro atoms. The molecule has 0 fully saturated rings. The Morgan fingerprint density at radius 3 is 2.70 bits per heavy atom. The van der Waals surface area contributed by atoms with Crippen LogP contribution in [0.3, 0.4) is 0 Å². The van der Waals surface area contributed by atoms with Crippen LogP contribution in [0, 0.1) is 15.9 Å². The van der Waals surface area contributed by atoms with Crippen molar-refractivity contribution < 1.29 is 14.1 Å². The van der Waals surface area contributed by atoms with Gasteiger partial charge in [0.1, 0.15) is 23.9 Å². The zero-order chi connectivity index (χ0) is 14.7. The minimum atomic E-state index is -0.548. The fourth-order valence-corrected chi connectivity index (χ4v) is 1.93. The summed E-state index contributed by atoms with van der Waals surface area (Å²) >= 11 is 3.05. The number of nitrogen functional groups attached to an aromatic ring is 1. The van der Waals surface area contributed by atoms with E-state index in [4.69, 9.17) is 10.5 Å². The van der Waals surface area contributed by atoms with Gasteiger partial charge in [-0.05, 0) is 45.8 Å². The van der Waals surface area contributed by atoms with Crippen LogP contribution in [-0.2, 0) is 6.61 Å². The number of nitro benzene ring substituents is 1. The van der Waals surface area contributed by atoms with Gasteiger partial charge in [-0.2, -0.15) is 0 Å². The Labute approximate surface area is 122 Å². The first-order valence-electron chi connectivity index (χ1n) is 5.58. The molecule has 2 aromatic rings. The fraction of sp³-hybridized carbons (Fsp3) is 0.0769. The van der Waals surface area contributed by atoms with Crippen LogP contribution in [0.4, 0.5) is 15.8 Å². The Kier molecular flexibility index (Phi) is 4.19. The van der Waals surface area contributed by atoms with E-state index in [-0.39, 0.29) is 23.8 Å². The zero-order valence-corrected chi connectivity index (χ0v) is 11.8. The van der Waals surface area contributed by atoms with Crippen LogP contribution < -0.4 is 10.5 Å². The monoisotopic (exact) mass is 340 g/mol. The number of ether oxygens (including phenoxy) is 1. The number of hydrogen-bond acceptors (Lipinski definition) is 4. The van der Waals surface area contributed by atoms with Gasteiger partial charge in [-0.3, -0.25) is 10.1 Å². The highest BCUT2D eigenvalue weighted by atomic mass is 79.9. The summed E-state index contributed by atoms with van der Waals surface area (Å²) in [6.07, 6.45) is 0. The smallest absolute Gasteiger partial charge is 0.292 e. The minimum absolute atomic E-state index is 0.100. The fourth-order valence-electron chi connectivity index (χ4n) is 1.57. The molecule has 0 aliphatic rings. The lowest BCUT2D eigenvalue weighted by Crippen LogP contribution is -2.00. The molecule has 104 valence electrons. The molecule has 0 saturated heterocycles. The molecule has 0 aliphatic carbocycles. The van der Waals surface area contributed by atoms with Crippen molar-refractivity contribution in [1.82, 2.24) is 0 Å². The quantitative estimate of drug-likeness (QED) is 0.523. The second-order valence-electron chi connectivity index (χ2n) is 4.01. The van der Waals surface area contributed by atoms with Crippen LogP contribution in [0.1, 0.15) is 5.56 Å². The Hall–Kier alpha value is -2.15. The van der Waals surface area contributed by atoms with Gasteiger partial charge >= 0.3 is 0 Å². The van der Waals surface area contributed by atoms with Crippen LogP contribution in [0.2, 0.25) is 0 Å². The van der Waals surface area contributed by atoms with Crippen LogP contribution in [-0.4, -0.2) is 4.92 Å². The maximum atomic E-state index is 13.1. The lowest BCUT2D eigenvalue weighted by Gasteiger charge is -2.07. The maximum Gasteiger partial charge on any atom is 0.292 e. The van der Waals surface area contributed by atoms with Gasteiger partial charge in [0.05, 0.1) is 9.40 Å². The van der Waals surface area contributed by atoms with Gasteiger partial charge in [0.2, 0.25) is 0 Å². The third-order valence-corrected chi connectivity index (χ3v) is 3.20. The van der Waals surface area contributed by atoms with Gasteiger partial charge in [-0.15, -0.1) is 0 Å². The summed E-state index contributed by atoms with van der Waals surface area (Å²) in [4.78, 5) is 10.2. The van der Waals surface area contributed by atoms with Crippen molar-refractivity contribution in [1.29, 1.82) is 0 Å². The topological polar surface area (TPSA) is 78.4 Å². The van der Waals surface area contributed by atoms with E-state index < -0.39 is 4.92 Å². The maximum absolute atomic E-state index is 13.1. The van der Waals surface area contributed by atoms with Crippen LogP contribution >= 0.6 is 15.9 Å². The molecule has 20 heavy (non-hydrogen) atoms. The van der Waals surface area contributed by atoms with Crippen LogP contribution in [0.5, 0.6) is 5.75 Å². The van der Waals surface area contributed by atoms with Crippen molar-refractivity contribution in [3.63, 3.8) is 0 Å². The van der Waals surface area contributed by atoms with Crippen molar-refractivity contribution in [2.75, 3.05) is 5.73 Å². The van der Waals surface area contributed by atoms with Gasteiger partial charge in [0.15, 0.2) is 0 Å². The number of nitrogens with zero attached hydrogens (tertiary/aromatic N) is 1. The molecule has 7 heteroatoms. The molecular formula is C13H10BrFN2O3. The largest absolute Gasteiger partial charge is 0.489 e. The lowest BCUT2D eigenvalue weighted by molar-refractivity contribution is -0.384. The number of nitro groups is 1. The highest BCUT2D eigenvalue weighted by molar-refractivity contribution is 9.10. The third-order valence-electron chi connectivity index (χ3n) is 2.59. The summed E-state index contributed by atoms with van der Waals surface area (Å²) < 4.78 is 18.8. The number of hydrogen-bond donors (Lipinski definition) is 1. The number of anilines is 1. The highest BCUT2D eigenvalue weighted by Crippen LogP contribution is 2.25. The standard InChI is InChI=1S/C13H10BrFN2O3/c14-10-6-9(2-3-11(10)15)20-7-8-1-4-12(16)13(5-8)17(18)19/h1-6H,7,16H2. The lowest BCUT2D eigenvalue weighted by atomic mass is 10.2. The molecule has 0 heterocycles. The van der Waals surface area contributed by atoms with Crippen molar-refractivity contribution >= 4 is 27.3 Å². The number of rotatable bonds is 4. The van der Waals surface area contributed by atoms with Crippen molar-refractivity contribution in [2.45, 2.75) is 6.61 Å². The van der Waals surface area contributed by atoms with Gasteiger partial charge in [0, 0.05) is 6.07 Å². The van der Waals surface area contributed by atoms with Crippen LogP contribution in [0.25, 0.3) is 0 Å². The van der Waals surface area contributed by atoms with E-state index in [2.05, 4.69) is 15.9 Å². The van der Waals surface area contributed by atoms with E-state index in [1.807, 2.05) is 0 Å². The molecule has 0 saturated carbocycles. The van der Waals surface area contributed by atoms with E-state index in [1.54, 1.807) is 6.07 Å². The summed E-state index contributed by atoms with van der Waals surface area (Å²) in [7, 11) is 0. The molecule has 0 unspecified atom stereocenters. The SMILES string of the molecule is Nc1ccc(COc2ccc(F)c(Br)c2)cc1[N+](=O)[O-]. The zero-order valence-electron chi connectivity index (χ0n) is 10.2. The van der Waals surface area contributed by atoms with Gasteiger partial charge in [-0.25, -0.2) is 4.39 Å². The summed E-state index contributed by atoms with van der Waals surface area (Å²) in [5.74, 6) is 0.0678. The van der Waals surface area contributed by atoms with Gasteiger partial charge in [-0.1, -0.05) is 6.07 Å². The van der Waals surface area contributed by atoms with E-state index in [1.165, 1.54) is 30.3 Å². The summed E-state index contributed by atoms with van der Waals surface area (Å²) in [5, 5.41) is 10.8. The first kappa shape index (κ1) is 14.3. The average Bonchev–Trinajstić information content (AvgIpc) is 2.41. The van der Waals surface area contributed by atoms with Crippen molar-refractivity contribution in [2.24, 2.45) is 0 Å². The Bertz CT molecular complexity index is 664. The predicted octanol–water partition coefficient (Wildman–Crippen LogP) is 3.66. The van der Waals surface area contributed by atoms with Crippen LogP contribution in [0.15, 0.2) is 40.9 Å². The van der Waals surface area contributed by atoms with Gasteiger partial charge < -0.3 is 10.5 Å². The Morgan fingerprint density at radius 1 is 1.30 bits per heavy atom. The first-order valence-corrected chi connectivity index (χ1v) is 6.37. The number of halogens is 2. The second kappa shape index (κ2) is 5.87. The highest BCUT2D eigenvalue weighted by Gasteiger charge is 2.12. The van der Waals surface area contributed by atoms with E-state index in [9.17, 15) is 14.5 Å². The molecule has 0 amide bonds. The first-order chi connectivity index (χ1) is 9.47. The van der Waals surface area contributed by atoms with E-state index in [0.717, 1.165) is 0 Å². The number of benzene rings is 2. The third kappa shape index (κ3) is 3.24. The van der Waals surface area contributed by atoms with E-state index >= 15 is 0 Å². The average molecular weight is 341 g/mol. The molecule has 5 nitrogen and oxygen atoms in total. The van der Waals surface area contributed by atoms with E-state index in [0.29, 0.717) is 15.8 Å². The normalized spacial score (nSPS) is 10.3.